The highest BCUT2D eigenvalue weighted by Gasteiger charge is 2.16. The molecular weight excluding hydrogens is 440 g/mol. The second-order valence-electron chi connectivity index (χ2n) is 7.04. The molecule has 0 saturated carbocycles. The van der Waals surface area contributed by atoms with Crippen LogP contribution in [-0.4, -0.2) is 25.9 Å². The zero-order valence-electron chi connectivity index (χ0n) is 17.0. The van der Waals surface area contributed by atoms with E-state index in [4.69, 9.17) is 0 Å². The Kier molecular flexibility index (Phi) is 5.25. The molecule has 0 aliphatic heterocycles. The number of nitrogens with zero attached hydrogens (tertiary/aromatic N) is 4. The largest absolute Gasteiger partial charge is 0.290 e. The first-order valence-electron chi connectivity index (χ1n) is 9.90. The monoisotopic (exact) mass is 456 g/mol. The van der Waals surface area contributed by atoms with Crippen molar-refractivity contribution in [3.63, 3.8) is 0 Å². The molecule has 0 atom stereocenters. The fourth-order valence-corrected chi connectivity index (χ4v) is 4.19. The van der Waals surface area contributed by atoms with Gasteiger partial charge in [-0.1, -0.05) is 53.8 Å². The maximum Gasteiger partial charge on any atom is 0.280 e. The molecule has 0 amide bonds. The Labute approximate surface area is 190 Å². The maximum atomic E-state index is 13.2. The minimum absolute atomic E-state index is 0.0524. The summed E-state index contributed by atoms with van der Waals surface area (Å²) in [5.74, 6) is 0. The Balaban J connectivity index is 1.52. The number of non-ortho nitro benzene ring substituents is 1. The normalized spacial score (nSPS) is 11.3. The quantitative estimate of drug-likeness (QED) is 0.216. The third kappa shape index (κ3) is 4.02. The molecule has 162 valence electrons. The van der Waals surface area contributed by atoms with Gasteiger partial charge in [0.1, 0.15) is 0 Å². The highest BCUT2D eigenvalue weighted by molar-refractivity contribution is 7.22. The molecule has 0 aliphatic rings. The van der Waals surface area contributed by atoms with Gasteiger partial charge in [0.05, 0.1) is 38.3 Å². The van der Waals surface area contributed by atoms with Gasteiger partial charge < -0.3 is 0 Å². The summed E-state index contributed by atoms with van der Waals surface area (Å²) in [4.78, 5) is 28.2. The summed E-state index contributed by atoms with van der Waals surface area (Å²) in [6.07, 6.45) is 1.45. The summed E-state index contributed by atoms with van der Waals surface area (Å²) in [7, 11) is 0. The lowest BCUT2D eigenvalue weighted by molar-refractivity contribution is -0.384. The van der Waals surface area contributed by atoms with Crippen LogP contribution in [0.5, 0.6) is 0 Å². The average molecular weight is 456 g/mol. The second kappa shape index (κ2) is 8.52. The van der Waals surface area contributed by atoms with E-state index in [1.165, 1.54) is 46.5 Å². The van der Waals surface area contributed by atoms with Crippen LogP contribution in [0.3, 0.4) is 0 Å². The van der Waals surface area contributed by atoms with Gasteiger partial charge in [0.25, 0.3) is 11.2 Å². The molecule has 0 unspecified atom stereocenters. The fraction of sp³-hybridized carbons (Fsp3) is 0. The van der Waals surface area contributed by atoms with Crippen LogP contribution in [-0.2, 0) is 0 Å². The SMILES string of the molecule is O=c1c(/C=N/Nc2nc3ccccc3s2)c(-c2ccccc2)[nH]n1-c1ccc([N+](=O)[O-])cc1. The van der Waals surface area contributed by atoms with Gasteiger partial charge in [0.2, 0.25) is 5.13 Å². The molecular formula is C23H16N6O3S. The van der Waals surface area contributed by atoms with Gasteiger partial charge in [0, 0.05) is 17.7 Å². The summed E-state index contributed by atoms with van der Waals surface area (Å²) in [6.45, 7) is 0. The molecule has 0 aliphatic carbocycles. The Morgan fingerprint density at radius 1 is 1.03 bits per heavy atom. The number of thiazole rings is 1. The van der Waals surface area contributed by atoms with E-state index in [1.54, 1.807) is 0 Å². The summed E-state index contributed by atoms with van der Waals surface area (Å²) in [6, 6.07) is 22.9. The van der Waals surface area contributed by atoms with Crippen LogP contribution >= 0.6 is 11.3 Å². The van der Waals surface area contributed by atoms with Crippen LogP contribution in [0.15, 0.2) is 88.8 Å². The first kappa shape index (κ1) is 20.3. The van der Waals surface area contributed by atoms with E-state index in [2.05, 4.69) is 20.6 Å². The average Bonchev–Trinajstić information content (AvgIpc) is 3.40. The lowest BCUT2D eigenvalue weighted by atomic mass is 10.1. The van der Waals surface area contributed by atoms with E-state index >= 15 is 0 Å². The molecule has 0 saturated heterocycles. The third-order valence-electron chi connectivity index (χ3n) is 4.96. The zero-order chi connectivity index (χ0) is 22.8. The smallest absolute Gasteiger partial charge is 0.280 e. The minimum Gasteiger partial charge on any atom is -0.290 e. The number of hydrogen-bond donors (Lipinski definition) is 2. The van der Waals surface area contributed by atoms with E-state index in [0.29, 0.717) is 22.1 Å². The van der Waals surface area contributed by atoms with Gasteiger partial charge in [-0.25, -0.2) is 9.67 Å². The van der Waals surface area contributed by atoms with Crippen LogP contribution in [0, 0.1) is 10.1 Å². The molecule has 2 heterocycles. The maximum absolute atomic E-state index is 13.2. The zero-order valence-corrected chi connectivity index (χ0v) is 17.8. The molecule has 0 radical (unpaired) electrons. The number of aromatic amines is 1. The Bertz CT molecular complexity index is 1500. The van der Waals surface area contributed by atoms with Crippen molar-refractivity contribution in [1.82, 2.24) is 14.8 Å². The number of para-hydroxylation sites is 1. The number of hydrogen-bond acceptors (Lipinski definition) is 7. The Morgan fingerprint density at radius 2 is 1.76 bits per heavy atom. The molecule has 33 heavy (non-hydrogen) atoms. The molecule has 10 heteroatoms. The van der Waals surface area contributed by atoms with Gasteiger partial charge in [-0.15, -0.1) is 0 Å². The highest BCUT2D eigenvalue weighted by Crippen LogP contribution is 2.25. The molecule has 2 aromatic heterocycles. The Morgan fingerprint density at radius 3 is 2.48 bits per heavy atom. The van der Waals surface area contributed by atoms with Gasteiger partial charge in [-0.05, 0) is 24.3 Å². The number of benzene rings is 3. The Hall–Kier alpha value is -4.57. The minimum atomic E-state index is -0.484. The van der Waals surface area contributed by atoms with Crippen LogP contribution in [0.2, 0.25) is 0 Å². The molecule has 5 aromatic rings. The number of H-pyrrole nitrogens is 1. The molecule has 0 fully saturated rings. The van der Waals surface area contributed by atoms with Crippen molar-refractivity contribution >= 4 is 38.6 Å². The first-order chi connectivity index (χ1) is 16.1. The van der Waals surface area contributed by atoms with Crippen molar-refractivity contribution in [2.24, 2.45) is 5.10 Å². The van der Waals surface area contributed by atoms with Gasteiger partial charge in [0.15, 0.2) is 0 Å². The number of nitro groups is 1. The number of nitro benzene ring substituents is 1. The second-order valence-corrected chi connectivity index (χ2v) is 8.07. The summed E-state index contributed by atoms with van der Waals surface area (Å²) in [5.41, 5.74) is 5.57. The summed E-state index contributed by atoms with van der Waals surface area (Å²) < 4.78 is 2.37. The molecule has 0 spiro atoms. The van der Waals surface area contributed by atoms with Gasteiger partial charge >= 0.3 is 0 Å². The number of anilines is 1. The van der Waals surface area contributed by atoms with Crippen LogP contribution in [0.25, 0.3) is 27.2 Å². The number of fused-ring (bicyclic) bond motifs is 1. The number of nitrogens with one attached hydrogen (secondary N) is 2. The third-order valence-corrected chi connectivity index (χ3v) is 5.90. The van der Waals surface area contributed by atoms with E-state index in [0.717, 1.165) is 15.8 Å². The topological polar surface area (TPSA) is 118 Å². The van der Waals surface area contributed by atoms with Crippen molar-refractivity contribution in [2.45, 2.75) is 0 Å². The number of rotatable bonds is 6. The number of hydrazone groups is 1. The standard InChI is InChI=1S/C23H16N6O3S/c30-22-18(14-24-26-23-25-19-8-4-5-9-20(19)33-23)21(15-6-2-1-3-7-15)27-28(22)16-10-12-17(13-11-16)29(31)32/h1-14,27H,(H,25,26)/b24-14+. The van der Waals surface area contributed by atoms with Gasteiger partial charge in [-0.2, -0.15) is 5.10 Å². The molecule has 2 N–H and O–H groups in total. The van der Waals surface area contributed by atoms with Crippen LogP contribution < -0.4 is 11.0 Å². The number of aromatic nitrogens is 3. The van der Waals surface area contributed by atoms with Crippen molar-refractivity contribution < 1.29 is 4.92 Å². The lowest BCUT2D eigenvalue weighted by Gasteiger charge is -2.02. The highest BCUT2D eigenvalue weighted by atomic mass is 32.1. The predicted octanol–water partition coefficient (Wildman–Crippen LogP) is 4.80. The van der Waals surface area contributed by atoms with Crippen molar-refractivity contribution in [3.05, 3.63) is 105 Å². The predicted molar refractivity (Wildman–Crippen MR) is 129 cm³/mol. The van der Waals surface area contributed by atoms with Crippen LogP contribution in [0.4, 0.5) is 10.8 Å². The van der Waals surface area contributed by atoms with E-state index in [-0.39, 0.29) is 11.2 Å². The van der Waals surface area contributed by atoms with Crippen LogP contribution in [0.1, 0.15) is 5.56 Å². The first-order valence-corrected chi connectivity index (χ1v) is 10.7. The molecule has 3 aromatic carbocycles. The molecule has 0 bridgehead atoms. The van der Waals surface area contributed by atoms with Crippen molar-refractivity contribution in [2.75, 3.05) is 5.43 Å². The summed E-state index contributed by atoms with van der Waals surface area (Å²) in [5, 5.41) is 18.9. The summed E-state index contributed by atoms with van der Waals surface area (Å²) >= 11 is 1.46. The van der Waals surface area contributed by atoms with Crippen molar-refractivity contribution in [3.8, 4) is 16.9 Å². The van der Waals surface area contributed by atoms with Gasteiger partial charge in [-0.3, -0.25) is 25.4 Å². The van der Waals surface area contributed by atoms with E-state index in [1.807, 2.05) is 54.6 Å². The fourth-order valence-electron chi connectivity index (χ4n) is 3.37. The van der Waals surface area contributed by atoms with E-state index in [9.17, 15) is 14.9 Å². The molecule has 5 rings (SSSR count). The van der Waals surface area contributed by atoms with Crippen molar-refractivity contribution in [1.29, 1.82) is 0 Å². The lowest BCUT2D eigenvalue weighted by Crippen LogP contribution is -2.17. The molecule has 9 nitrogen and oxygen atoms in total. The van der Waals surface area contributed by atoms with E-state index < -0.39 is 4.92 Å².